The van der Waals surface area contributed by atoms with Gasteiger partial charge in [0.05, 0.1) is 12.2 Å². The fourth-order valence-electron chi connectivity index (χ4n) is 1.41. The summed E-state index contributed by atoms with van der Waals surface area (Å²) in [4.78, 5) is 8.63. The van der Waals surface area contributed by atoms with Crippen molar-refractivity contribution in [1.82, 2.24) is 15.7 Å². The molecule has 1 aromatic rings. The fourth-order valence-corrected chi connectivity index (χ4v) is 1.41. The number of hydrazine groups is 1. The molecule has 0 aliphatic carbocycles. The molecule has 0 fully saturated rings. The van der Waals surface area contributed by atoms with Gasteiger partial charge in [0.25, 0.3) is 0 Å². The molecule has 0 atom stereocenters. The summed E-state index contributed by atoms with van der Waals surface area (Å²) in [6.45, 7) is 5.42. The molecule has 0 saturated carbocycles. The summed E-state index contributed by atoms with van der Waals surface area (Å²) in [5, 5.41) is 3.03. The molecule has 0 saturated heterocycles. The van der Waals surface area contributed by atoms with E-state index in [-0.39, 0.29) is 0 Å². The van der Waals surface area contributed by atoms with Crippen LogP contribution in [0.4, 0.5) is 0 Å². The Hall–Kier alpha value is -1.62. The number of hydrogen-bond acceptors (Lipinski definition) is 3. The highest BCUT2D eigenvalue weighted by atomic mass is 15.3. The lowest BCUT2D eigenvalue weighted by molar-refractivity contribution is 0.839. The first-order valence-electron chi connectivity index (χ1n) is 5.49. The molecule has 1 aromatic heterocycles. The Kier molecular flexibility index (Phi) is 5.28. The summed E-state index contributed by atoms with van der Waals surface area (Å²) < 4.78 is 0. The number of aliphatic imine (C=N–C) groups is 1. The largest absolute Gasteiger partial charge is 0.356 e. The lowest BCUT2D eigenvalue weighted by Gasteiger charge is -2.07. The van der Waals surface area contributed by atoms with Gasteiger partial charge in [0.15, 0.2) is 0 Å². The van der Waals surface area contributed by atoms with Crippen LogP contribution in [-0.2, 0) is 13.0 Å². The number of guanidine groups is 1. The fraction of sp³-hybridized carbons (Fsp3) is 0.455. The van der Waals surface area contributed by atoms with E-state index in [4.69, 9.17) is 5.84 Å². The van der Waals surface area contributed by atoms with Crippen molar-refractivity contribution in [3.8, 4) is 0 Å². The summed E-state index contributed by atoms with van der Waals surface area (Å²) in [5.74, 6) is 5.92. The molecular weight excluding hydrogens is 202 g/mol. The molecule has 0 aliphatic heterocycles. The van der Waals surface area contributed by atoms with Crippen LogP contribution in [0, 0.1) is 0 Å². The zero-order chi connectivity index (χ0) is 11.8. The molecule has 0 amide bonds. The smallest absolute Gasteiger partial charge is 0.206 e. The van der Waals surface area contributed by atoms with Crippen molar-refractivity contribution in [3.63, 3.8) is 0 Å². The molecule has 0 aliphatic rings. The van der Waals surface area contributed by atoms with Crippen molar-refractivity contribution in [1.29, 1.82) is 0 Å². The number of aromatic nitrogens is 1. The first-order chi connectivity index (χ1) is 7.81. The molecule has 1 heterocycles. The molecule has 88 valence electrons. The second-order valence-corrected chi connectivity index (χ2v) is 3.30. The normalized spacial score (nSPS) is 11.3. The maximum atomic E-state index is 5.33. The molecule has 16 heavy (non-hydrogen) atoms. The third-order valence-electron chi connectivity index (χ3n) is 2.23. The number of rotatable bonds is 4. The number of aryl methyl sites for hydroxylation is 1. The number of hydrogen-bond donors (Lipinski definition) is 3. The first-order valence-corrected chi connectivity index (χ1v) is 5.49. The summed E-state index contributed by atoms with van der Waals surface area (Å²) in [6.07, 6.45) is 2.75. The number of nitrogens with one attached hydrogen (secondary N) is 2. The second kappa shape index (κ2) is 6.79. The Bertz CT molecular complexity index is 348. The van der Waals surface area contributed by atoms with Crippen LogP contribution in [0.2, 0.25) is 0 Å². The van der Waals surface area contributed by atoms with Crippen molar-refractivity contribution >= 4 is 5.96 Å². The van der Waals surface area contributed by atoms with Gasteiger partial charge in [-0.1, -0.05) is 13.0 Å². The highest BCUT2D eigenvalue weighted by Gasteiger charge is 2.00. The van der Waals surface area contributed by atoms with Gasteiger partial charge in [-0.3, -0.25) is 10.4 Å². The van der Waals surface area contributed by atoms with Crippen LogP contribution in [0.5, 0.6) is 0 Å². The lowest BCUT2D eigenvalue weighted by atomic mass is 10.1. The molecule has 0 spiro atoms. The van der Waals surface area contributed by atoms with Gasteiger partial charge >= 0.3 is 0 Å². The molecule has 0 radical (unpaired) electrons. The van der Waals surface area contributed by atoms with Gasteiger partial charge in [0, 0.05) is 12.7 Å². The van der Waals surface area contributed by atoms with E-state index < -0.39 is 0 Å². The van der Waals surface area contributed by atoms with Crippen molar-refractivity contribution in [2.45, 2.75) is 26.8 Å². The predicted molar refractivity (Wildman–Crippen MR) is 65.8 cm³/mol. The van der Waals surface area contributed by atoms with Crippen LogP contribution in [-0.4, -0.2) is 17.5 Å². The minimum absolute atomic E-state index is 0.538. The molecule has 0 bridgehead atoms. The van der Waals surface area contributed by atoms with Crippen LogP contribution in [0.15, 0.2) is 23.3 Å². The third kappa shape index (κ3) is 3.51. The Labute approximate surface area is 96.1 Å². The van der Waals surface area contributed by atoms with Crippen LogP contribution >= 0.6 is 0 Å². The maximum absolute atomic E-state index is 5.33. The van der Waals surface area contributed by atoms with Gasteiger partial charge in [-0.25, -0.2) is 10.8 Å². The minimum atomic E-state index is 0.538. The molecule has 0 unspecified atom stereocenters. The van der Waals surface area contributed by atoms with E-state index in [2.05, 4.69) is 33.7 Å². The zero-order valence-corrected chi connectivity index (χ0v) is 9.83. The predicted octanol–water partition coefficient (Wildman–Crippen LogP) is 0.573. The Morgan fingerprint density at radius 1 is 1.50 bits per heavy atom. The lowest BCUT2D eigenvalue weighted by Crippen LogP contribution is -2.41. The average Bonchev–Trinajstić information content (AvgIpc) is 2.34. The standard InChI is InChI=1S/C11H19N5/c1-3-9-6-5-7-14-10(9)8-15-11(16-12)13-4-2/h5-7H,3-4,8,12H2,1-2H3,(H2,13,15,16). The van der Waals surface area contributed by atoms with E-state index in [9.17, 15) is 0 Å². The van der Waals surface area contributed by atoms with E-state index in [1.54, 1.807) is 6.20 Å². The highest BCUT2D eigenvalue weighted by molar-refractivity contribution is 5.79. The van der Waals surface area contributed by atoms with Crippen molar-refractivity contribution in [2.24, 2.45) is 10.8 Å². The van der Waals surface area contributed by atoms with Crippen LogP contribution < -0.4 is 16.6 Å². The summed E-state index contributed by atoms with van der Waals surface area (Å²) in [7, 11) is 0. The molecule has 5 nitrogen and oxygen atoms in total. The summed E-state index contributed by atoms with van der Waals surface area (Å²) >= 11 is 0. The van der Waals surface area contributed by atoms with Gasteiger partial charge in [0.2, 0.25) is 5.96 Å². The first kappa shape index (κ1) is 12.4. The van der Waals surface area contributed by atoms with Crippen LogP contribution in [0.3, 0.4) is 0 Å². The van der Waals surface area contributed by atoms with Gasteiger partial charge in [-0.05, 0) is 25.0 Å². The van der Waals surface area contributed by atoms with Crippen molar-refractivity contribution in [2.75, 3.05) is 6.54 Å². The molecular formula is C11H19N5. The number of nitrogens with zero attached hydrogens (tertiary/aromatic N) is 2. The number of pyridine rings is 1. The second-order valence-electron chi connectivity index (χ2n) is 3.30. The van der Waals surface area contributed by atoms with E-state index in [0.29, 0.717) is 12.5 Å². The Morgan fingerprint density at radius 2 is 2.31 bits per heavy atom. The van der Waals surface area contributed by atoms with Gasteiger partial charge in [-0.2, -0.15) is 0 Å². The topological polar surface area (TPSA) is 75.3 Å². The Balaban J connectivity index is 2.72. The quantitative estimate of drug-likeness (QED) is 0.301. The molecule has 1 rings (SSSR count). The third-order valence-corrected chi connectivity index (χ3v) is 2.23. The van der Waals surface area contributed by atoms with Gasteiger partial charge in [0.1, 0.15) is 0 Å². The van der Waals surface area contributed by atoms with E-state index >= 15 is 0 Å². The monoisotopic (exact) mass is 221 g/mol. The zero-order valence-electron chi connectivity index (χ0n) is 9.83. The average molecular weight is 221 g/mol. The van der Waals surface area contributed by atoms with E-state index in [1.807, 2.05) is 13.0 Å². The molecule has 0 aromatic carbocycles. The number of nitrogens with two attached hydrogens (primary N) is 1. The summed E-state index contributed by atoms with van der Waals surface area (Å²) in [6, 6.07) is 4.01. The van der Waals surface area contributed by atoms with E-state index in [0.717, 1.165) is 18.7 Å². The van der Waals surface area contributed by atoms with Gasteiger partial charge < -0.3 is 5.32 Å². The highest BCUT2D eigenvalue weighted by Crippen LogP contribution is 2.06. The van der Waals surface area contributed by atoms with Crippen molar-refractivity contribution < 1.29 is 0 Å². The minimum Gasteiger partial charge on any atom is -0.356 e. The SMILES string of the molecule is CCNC(=NCc1ncccc1CC)NN. The molecule has 5 heteroatoms. The van der Waals surface area contributed by atoms with Crippen LogP contribution in [0.1, 0.15) is 25.1 Å². The van der Waals surface area contributed by atoms with Gasteiger partial charge in [-0.15, -0.1) is 0 Å². The van der Waals surface area contributed by atoms with E-state index in [1.165, 1.54) is 5.56 Å². The molecule has 4 N–H and O–H groups in total. The maximum Gasteiger partial charge on any atom is 0.206 e. The Morgan fingerprint density at radius 3 is 2.94 bits per heavy atom. The summed E-state index contributed by atoms with van der Waals surface area (Å²) in [5.41, 5.74) is 4.74. The van der Waals surface area contributed by atoms with Crippen LogP contribution in [0.25, 0.3) is 0 Å². The van der Waals surface area contributed by atoms with Crippen molar-refractivity contribution in [3.05, 3.63) is 29.6 Å².